The molecule has 20 heavy (non-hydrogen) atoms. The highest BCUT2D eigenvalue weighted by atomic mass is 16.2. The van der Waals surface area contributed by atoms with Crippen molar-refractivity contribution < 1.29 is 4.79 Å². The normalized spacial score (nSPS) is 14.3. The molecule has 0 spiro atoms. The van der Waals surface area contributed by atoms with E-state index in [4.69, 9.17) is 0 Å². The number of aromatic nitrogens is 2. The Morgan fingerprint density at radius 3 is 2.50 bits per heavy atom. The monoisotopic (exact) mass is 277 g/mol. The van der Waals surface area contributed by atoms with Crippen LogP contribution in [0, 0.1) is 0 Å². The molecule has 2 N–H and O–H groups in total. The van der Waals surface area contributed by atoms with Crippen LogP contribution in [0.15, 0.2) is 12.4 Å². The highest BCUT2D eigenvalue weighted by molar-refractivity contribution is 5.76. The average Bonchev–Trinajstić information content (AvgIpc) is 3.00. The summed E-state index contributed by atoms with van der Waals surface area (Å²) >= 11 is 0. The maximum atomic E-state index is 11.9. The fourth-order valence-electron chi connectivity index (χ4n) is 2.23. The Hall–Kier alpha value is -1.85. The van der Waals surface area contributed by atoms with Gasteiger partial charge in [0, 0.05) is 38.7 Å². The minimum atomic E-state index is 0.230. The van der Waals surface area contributed by atoms with Crippen molar-refractivity contribution in [1.29, 1.82) is 0 Å². The van der Waals surface area contributed by atoms with Gasteiger partial charge >= 0.3 is 0 Å². The van der Waals surface area contributed by atoms with Crippen LogP contribution in [0.4, 0.5) is 11.6 Å². The van der Waals surface area contributed by atoms with Crippen molar-refractivity contribution in [3.8, 4) is 0 Å². The van der Waals surface area contributed by atoms with Gasteiger partial charge in [0.25, 0.3) is 0 Å². The topological polar surface area (TPSA) is 70.2 Å². The quantitative estimate of drug-likeness (QED) is 0.794. The minimum absolute atomic E-state index is 0.230. The Morgan fingerprint density at radius 2 is 1.85 bits per heavy atom. The number of nitrogens with one attached hydrogen (secondary N) is 2. The van der Waals surface area contributed by atoms with Crippen LogP contribution in [0.2, 0.25) is 0 Å². The molecule has 0 radical (unpaired) electrons. The van der Waals surface area contributed by atoms with Crippen molar-refractivity contribution in [3.05, 3.63) is 12.4 Å². The lowest BCUT2D eigenvalue weighted by atomic mass is 10.3. The summed E-state index contributed by atoms with van der Waals surface area (Å²) < 4.78 is 0. The van der Waals surface area contributed by atoms with Crippen molar-refractivity contribution in [2.24, 2.45) is 0 Å². The van der Waals surface area contributed by atoms with Gasteiger partial charge in [0.2, 0.25) is 5.91 Å². The molecule has 0 aromatic carbocycles. The first-order chi connectivity index (χ1) is 9.79. The highest BCUT2D eigenvalue weighted by Crippen LogP contribution is 2.10. The molecule has 1 aromatic rings. The van der Waals surface area contributed by atoms with Gasteiger partial charge in [-0.2, -0.15) is 0 Å². The summed E-state index contributed by atoms with van der Waals surface area (Å²) in [6, 6.07) is 1.87. The van der Waals surface area contributed by atoms with Gasteiger partial charge in [-0.15, -0.1) is 0 Å². The zero-order valence-electron chi connectivity index (χ0n) is 12.1. The number of rotatable bonds is 7. The van der Waals surface area contributed by atoms with E-state index in [1.807, 2.05) is 11.0 Å². The van der Waals surface area contributed by atoms with Crippen LogP contribution in [-0.4, -0.2) is 47.0 Å². The summed E-state index contributed by atoms with van der Waals surface area (Å²) in [4.78, 5) is 22.1. The van der Waals surface area contributed by atoms with Gasteiger partial charge < -0.3 is 15.5 Å². The lowest BCUT2D eigenvalue weighted by Gasteiger charge is -2.15. The zero-order valence-corrected chi connectivity index (χ0v) is 12.1. The molecule has 0 atom stereocenters. The van der Waals surface area contributed by atoms with E-state index in [1.165, 1.54) is 6.33 Å². The minimum Gasteiger partial charge on any atom is -0.370 e. The molecule has 1 amide bonds. The van der Waals surface area contributed by atoms with Crippen LogP contribution in [-0.2, 0) is 4.79 Å². The van der Waals surface area contributed by atoms with Gasteiger partial charge in [-0.05, 0) is 19.3 Å². The number of anilines is 2. The molecule has 1 aliphatic rings. The molecule has 1 aromatic heterocycles. The number of carbonyl (C=O) groups is 1. The lowest BCUT2D eigenvalue weighted by molar-refractivity contribution is -0.129. The fourth-order valence-corrected chi connectivity index (χ4v) is 2.23. The zero-order chi connectivity index (χ0) is 14.2. The van der Waals surface area contributed by atoms with Crippen molar-refractivity contribution in [3.63, 3.8) is 0 Å². The number of carbonyl (C=O) groups excluding carboxylic acids is 1. The largest absolute Gasteiger partial charge is 0.370 e. The van der Waals surface area contributed by atoms with Gasteiger partial charge in [0.05, 0.1) is 0 Å². The number of hydrogen-bond donors (Lipinski definition) is 2. The van der Waals surface area contributed by atoms with Crippen LogP contribution < -0.4 is 10.6 Å². The molecule has 1 aliphatic heterocycles. The van der Waals surface area contributed by atoms with Crippen LogP contribution >= 0.6 is 0 Å². The lowest BCUT2D eigenvalue weighted by Crippen LogP contribution is -2.29. The van der Waals surface area contributed by atoms with E-state index in [1.54, 1.807) is 0 Å². The number of amides is 1. The molecule has 2 heterocycles. The molecule has 6 nitrogen and oxygen atoms in total. The molecular formula is C14H23N5O. The Bertz CT molecular complexity index is 431. The predicted molar refractivity (Wildman–Crippen MR) is 79.7 cm³/mol. The van der Waals surface area contributed by atoms with Gasteiger partial charge in [-0.25, -0.2) is 9.97 Å². The maximum absolute atomic E-state index is 11.9. The summed E-state index contributed by atoms with van der Waals surface area (Å²) in [6.07, 6.45) is 5.37. The maximum Gasteiger partial charge on any atom is 0.224 e. The molecule has 0 aliphatic carbocycles. The highest BCUT2D eigenvalue weighted by Gasteiger charge is 2.16. The van der Waals surface area contributed by atoms with Gasteiger partial charge in [-0.1, -0.05) is 6.92 Å². The third kappa shape index (κ3) is 4.36. The van der Waals surface area contributed by atoms with Crippen LogP contribution in [0.1, 0.15) is 32.6 Å². The smallest absolute Gasteiger partial charge is 0.224 e. The Balaban J connectivity index is 1.74. The van der Waals surface area contributed by atoms with E-state index >= 15 is 0 Å². The van der Waals surface area contributed by atoms with E-state index < -0.39 is 0 Å². The fraction of sp³-hybridized carbons (Fsp3) is 0.643. The SMILES string of the molecule is CCCNc1cc(NCCC(=O)N2CCCC2)ncn1. The van der Waals surface area contributed by atoms with Crippen LogP contribution in [0.25, 0.3) is 0 Å². The van der Waals surface area contributed by atoms with Crippen LogP contribution in [0.5, 0.6) is 0 Å². The third-order valence-corrected chi connectivity index (χ3v) is 3.33. The van der Waals surface area contributed by atoms with Crippen LogP contribution in [0.3, 0.4) is 0 Å². The summed E-state index contributed by atoms with van der Waals surface area (Å²) in [6.45, 7) is 5.44. The Morgan fingerprint density at radius 1 is 1.20 bits per heavy atom. The van der Waals surface area contributed by atoms with Gasteiger partial charge in [0.1, 0.15) is 18.0 Å². The average molecular weight is 277 g/mol. The Kier molecular flexibility index (Phi) is 5.58. The standard InChI is InChI=1S/C14H23N5O/c1-2-6-15-12-10-13(18-11-17-12)16-7-5-14(20)19-8-3-4-9-19/h10-11H,2-9H2,1H3,(H2,15,16,17,18). The number of likely N-dealkylation sites (tertiary alicyclic amines) is 1. The first-order valence-electron chi connectivity index (χ1n) is 7.37. The second kappa shape index (κ2) is 7.67. The predicted octanol–water partition coefficient (Wildman–Crippen LogP) is 1.72. The molecule has 1 fully saturated rings. The molecule has 0 saturated carbocycles. The van der Waals surface area contributed by atoms with E-state index in [0.29, 0.717) is 13.0 Å². The van der Waals surface area contributed by atoms with E-state index in [2.05, 4.69) is 27.5 Å². The molecule has 2 rings (SSSR count). The second-order valence-corrected chi connectivity index (χ2v) is 4.98. The molecule has 0 bridgehead atoms. The Labute approximate surface area is 120 Å². The summed E-state index contributed by atoms with van der Waals surface area (Å²) in [5.74, 6) is 1.80. The number of hydrogen-bond acceptors (Lipinski definition) is 5. The van der Waals surface area contributed by atoms with Crippen molar-refractivity contribution >= 4 is 17.5 Å². The third-order valence-electron chi connectivity index (χ3n) is 3.33. The van der Waals surface area contributed by atoms with Crippen molar-refractivity contribution in [2.45, 2.75) is 32.6 Å². The molecule has 0 unspecified atom stereocenters. The van der Waals surface area contributed by atoms with E-state index in [-0.39, 0.29) is 5.91 Å². The molecular weight excluding hydrogens is 254 g/mol. The van der Waals surface area contributed by atoms with Gasteiger partial charge in [0.15, 0.2) is 0 Å². The first kappa shape index (κ1) is 14.6. The molecule has 110 valence electrons. The van der Waals surface area contributed by atoms with Crippen molar-refractivity contribution in [1.82, 2.24) is 14.9 Å². The summed E-state index contributed by atoms with van der Waals surface area (Å²) in [5, 5.41) is 6.39. The van der Waals surface area contributed by atoms with E-state index in [0.717, 1.165) is 50.5 Å². The molecule has 6 heteroatoms. The van der Waals surface area contributed by atoms with E-state index in [9.17, 15) is 4.79 Å². The number of nitrogens with zero attached hydrogens (tertiary/aromatic N) is 3. The van der Waals surface area contributed by atoms with Crippen molar-refractivity contribution in [2.75, 3.05) is 36.8 Å². The summed E-state index contributed by atoms with van der Waals surface area (Å²) in [7, 11) is 0. The summed E-state index contributed by atoms with van der Waals surface area (Å²) in [5.41, 5.74) is 0. The second-order valence-electron chi connectivity index (χ2n) is 4.98. The molecule has 1 saturated heterocycles. The first-order valence-corrected chi connectivity index (χ1v) is 7.37. The van der Waals surface area contributed by atoms with Gasteiger partial charge in [-0.3, -0.25) is 4.79 Å².